The fourth-order valence-corrected chi connectivity index (χ4v) is 4.21. The summed E-state index contributed by atoms with van der Waals surface area (Å²) in [6.07, 6.45) is 1.70. The van der Waals surface area contributed by atoms with E-state index in [2.05, 4.69) is 5.32 Å². The molecule has 1 N–H and O–H groups in total. The van der Waals surface area contributed by atoms with Gasteiger partial charge in [0.25, 0.3) is 11.8 Å². The minimum Gasteiger partial charge on any atom is -0.480 e. The maximum absolute atomic E-state index is 12.5. The van der Waals surface area contributed by atoms with Gasteiger partial charge in [-0.25, -0.2) is 0 Å². The molecule has 0 aromatic heterocycles. The number of anilines is 1. The van der Waals surface area contributed by atoms with Gasteiger partial charge in [-0.3, -0.25) is 9.59 Å². The zero-order valence-corrected chi connectivity index (χ0v) is 16.3. The average molecular weight is 417 g/mol. The molecular formula is C19H13ClN2O3S2. The first kappa shape index (κ1) is 18.0. The lowest BCUT2D eigenvalue weighted by Gasteiger charge is -2.30. The smallest absolute Gasteiger partial charge is 0.265 e. The summed E-state index contributed by atoms with van der Waals surface area (Å²) in [4.78, 5) is 26.5. The van der Waals surface area contributed by atoms with E-state index in [0.717, 1.165) is 5.56 Å². The molecule has 2 aromatic rings. The van der Waals surface area contributed by atoms with Crippen molar-refractivity contribution >= 4 is 63.5 Å². The zero-order chi connectivity index (χ0) is 19.0. The van der Waals surface area contributed by atoms with Crippen LogP contribution in [-0.4, -0.2) is 22.7 Å². The van der Waals surface area contributed by atoms with Crippen molar-refractivity contribution in [3.8, 4) is 5.75 Å². The summed E-state index contributed by atoms with van der Waals surface area (Å²) in [6.45, 7) is 0.345. The number of carbonyl (C=O) groups is 2. The number of thioether (sulfide) groups is 1. The van der Waals surface area contributed by atoms with Crippen LogP contribution in [-0.2, 0) is 16.1 Å². The summed E-state index contributed by atoms with van der Waals surface area (Å²) in [6, 6.07) is 13.2. The standard InChI is InChI=1S/C19H13ClN2O3S2/c20-13-6-12(8-15-18(24)21-19(26)27-15)7-14-17(13)25-10-16(23)22(14)9-11-4-2-1-3-5-11/h1-8H,9-10H2,(H,21,24,26). The van der Waals surface area contributed by atoms with Crippen molar-refractivity contribution in [1.82, 2.24) is 5.32 Å². The average Bonchev–Trinajstić information content (AvgIpc) is 2.95. The highest BCUT2D eigenvalue weighted by atomic mass is 35.5. The second-order valence-electron chi connectivity index (χ2n) is 5.96. The number of thiocarbonyl (C=S) groups is 1. The largest absolute Gasteiger partial charge is 0.480 e. The lowest BCUT2D eigenvalue weighted by Crippen LogP contribution is -2.38. The topological polar surface area (TPSA) is 58.6 Å². The summed E-state index contributed by atoms with van der Waals surface area (Å²) >= 11 is 12.6. The quantitative estimate of drug-likeness (QED) is 0.610. The fraction of sp³-hybridized carbons (Fsp3) is 0.105. The molecule has 136 valence electrons. The van der Waals surface area contributed by atoms with E-state index >= 15 is 0 Å². The molecule has 0 radical (unpaired) electrons. The number of nitrogens with one attached hydrogen (secondary N) is 1. The number of amides is 2. The van der Waals surface area contributed by atoms with Crippen molar-refractivity contribution in [2.45, 2.75) is 6.54 Å². The van der Waals surface area contributed by atoms with E-state index in [1.807, 2.05) is 30.3 Å². The number of hydrogen-bond donors (Lipinski definition) is 1. The molecular weight excluding hydrogens is 404 g/mol. The predicted octanol–water partition coefficient (Wildman–Crippen LogP) is 3.75. The van der Waals surface area contributed by atoms with Gasteiger partial charge in [0.1, 0.15) is 4.32 Å². The van der Waals surface area contributed by atoms with E-state index in [-0.39, 0.29) is 18.4 Å². The highest BCUT2D eigenvalue weighted by molar-refractivity contribution is 8.26. The first-order valence-corrected chi connectivity index (χ1v) is 9.67. The van der Waals surface area contributed by atoms with Crippen LogP contribution in [0.4, 0.5) is 5.69 Å². The first-order valence-electron chi connectivity index (χ1n) is 8.07. The molecule has 0 spiro atoms. The van der Waals surface area contributed by atoms with Crippen molar-refractivity contribution in [3.05, 3.63) is 63.5 Å². The highest BCUT2D eigenvalue weighted by Gasteiger charge is 2.28. The maximum atomic E-state index is 12.5. The Morgan fingerprint density at radius 2 is 2.04 bits per heavy atom. The summed E-state index contributed by atoms with van der Waals surface area (Å²) in [7, 11) is 0. The van der Waals surface area contributed by atoms with Gasteiger partial charge in [0.15, 0.2) is 12.4 Å². The molecule has 2 aromatic carbocycles. The number of carbonyl (C=O) groups excluding carboxylic acids is 2. The third kappa shape index (κ3) is 3.71. The zero-order valence-electron chi connectivity index (χ0n) is 13.9. The summed E-state index contributed by atoms with van der Waals surface area (Å²) in [5.41, 5.74) is 2.27. The molecule has 2 aliphatic heterocycles. The first-order chi connectivity index (χ1) is 13.0. The lowest BCUT2D eigenvalue weighted by molar-refractivity contribution is -0.121. The Kier molecular flexibility index (Phi) is 4.90. The number of fused-ring (bicyclic) bond motifs is 1. The molecule has 2 heterocycles. The third-order valence-corrected chi connectivity index (χ3v) is 5.54. The van der Waals surface area contributed by atoms with Crippen molar-refractivity contribution in [3.63, 3.8) is 0 Å². The van der Waals surface area contributed by atoms with Crippen LogP contribution in [0.2, 0.25) is 5.02 Å². The van der Waals surface area contributed by atoms with Crippen LogP contribution < -0.4 is 15.0 Å². The Balaban J connectivity index is 1.74. The van der Waals surface area contributed by atoms with Gasteiger partial charge in [-0.2, -0.15) is 0 Å². The van der Waals surface area contributed by atoms with Gasteiger partial charge in [0.05, 0.1) is 22.2 Å². The number of hydrogen-bond acceptors (Lipinski definition) is 5. The number of nitrogens with zero attached hydrogens (tertiary/aromatic N) is 1. The number of ether oxygens (including phenoxy) is 1. The Labute approximate surface area is 170 Å². The minimum absolute atomic E-state index is 0.0630. The van der Waals surface area contributed by atoms with Gasteiger partial charge in [0, 0.05) is 0 Å². The monoisotopic (exact) mass is 416 g/mol. The van der Waals surface area contributed by atoms with E-state index in [1.165, 1.54) is 11.8 Å². The summed E-state index contributed by atoms with van der Waals surface area (Å²) < 4.78 is 5.96. The molecule has 1 saturated heterocycles. The van der Waals surface area contributed by atoms with Crippen LogP contribution in [0, 0.1) is 0 Å². The second-order valence-corrected chi connectivity index (χ2v) is 8.08. The van der Waals surface area contributed by atoms with Gasteiger partial charge < -0.3 is 15.0 Å². The molecule has 4 rings (SSSR count). The van der Waals surface area contributed by atoms with Crippen LogP contribution in [0.5, 0.6) is 5.75 Å². The Morgan fingerprint density at radius 3 is 2.74 bits per heavy atom. The van der Waals surface area contributed by atoms with Gasteiger partial charge in [0.2, 0.25) is 0 Å². The van der Waals surface area contributed by atoms with Crippen molar-refractivity contribution in [2.75, 3.05) is 11.5 Å². The van der Waals surface area contributed by atoms with Gasteiger partial charge in [-0.05, 0) is 29.3 Å². The van der Waals surface area contributed by atoms with E-state index in [9.17, 15) is 9.59 Å². The summed E-state index contributed by atoms with van der Waals surface area (Å²) in [5, 5.41) is 2.96. The normalized spacial score (nSPS) is 17.7. The van der Waals surface area contributed by atoms with Crippen LogP contribution in [0.3, 0.4) is 0 Å². The van der Waals surface area contributed by atoms with Gasteiger partial charge >= 0.3 is 0 Å². The van der Waals surface area contributed by atoms with Crippen LogP contribution in [0.1, 0.15) is 11.1 Å². The van der Waals surface area contributed by atoms with Crippen molar-refractivity contribution in [1.29, 1.82) is 0 Å². The molecule has 0 atom stereocenters. The van der Waals surface area contributed by atoms with Crippen LogP contribution in [0.15, 0.2) is 47.4 Å². The number of halogens is 1. The van der Waals surface area contributed by atoms with E-state index in [4.69, 9.17) is 28.6 Å². The highest BCUT2D eigenvalue weighted by Crippen LogP contribution is 2.41. The van der Waals surface area contributed by atoms with Crippen LogP contribution in [0.25, 0.3) is 6.08 Å². The van der Waals surface area contributed by atoms with Crippen LogP contribution >= 0.6 is 35.6 Å². The minimum atomic E-state index is -0.243. The molecule has 5 nitrogen and oxygen atoms in total. The van der Waals surface area contributed by atoms with E-state index in [0.29, 0.717) is 37.8 Å². The molecule has 1 fully saturated rings. The van der Waals surface area contributed by atoms with E-state index < -0.39 is 0 Å². The van der Waals surface area contributed by atoms with Gasteiger partial charge in [-0.15, -0.1) is 0 Å². The predicted molar refractivity (Wildman–Crippen MR) is 111 cm³/mol. The maximum Gasteiger partial charge on any atom is 0.265 e. The molecule has 2 aliphatic rings. The van der Waals surface area contributed by atoms with Gasteiger partial charge in [-0.1, -0.05) is 65.9 Å². The van der Waals surface area contributed by atoms with E-state index in [1.54, 1.807) is 23.1 Å². The Morgan fingerprint density at radius 1 is 1.26 bits per heavy atom. The molecule has 0 aliphatic carbocycles. The number of benzene rings is 2. The Hall–Kier alpha value is -2.35. The molecule has 0 unspecified atom stereocenters. The Bertz CT molecular complexity index is 992. The molecule has 27 heavy (non-hydrogen) atoms. The second kappa shape index (κ2) is 7.34. The SMILES string of the molecule is O=C1NC(=S)SC1=Cc1cc(Cl)c2c(c1)N(Cc1ccccc1)C(=O)CO2. The number of rotatable bonds is 3. The summed E-state index contributed by atoms with van der Waals surface area (Å²) in [5.74, 6) is 0.0714. The van der Waals surface area contributed by atoms with Crippen molar-refractivity contribution < 1.29 is 14.3 Å². The molecule has 0 saturated carbocycles. The third-order valence-electron chi connectivity index (χ3n) is 4.10. The molecule has 8 heteroatoms. The fourth-order valence-electron chi connectivity index (χ4n) is 2.88. The lowest BCUT2D eigenvalue weighted by atomic mass is 10.1. The molecule has 2 amide bonds. The van der Waals surface area contributed by atoms with Crippen molar-refractivity contribution in [2.24, 2.45) is 0 Å². The molecule has 0 bridgehead atoms.